The second kappa shape index (κ2) is 8.68. The fraction of sp³-hybridized carbons (Fsp3) is 0.263. The van der Waals surface area contributed by atoms with Crippen LogP contribution in [0.15, 0.2) is 53.4 Å². The van der Waals surface area contributed by atoms with Gasteiger partial charge >= 0.3 is 0 Å². The molecule has 0 radical (unpaired) electrons. The van der Waals surface area contributed by atoms with Gasteiger partial charge in [0, 0.05) is 30.1 Å². The Morgan fingerprint density at radius 1 is 1.07 bits per heavy atom. The third kappa shape index (κ3) is 4.86. The number of nitrogens with zero attached hydrogens (tertiary/aromatic N) is 1. The summed E-state index contributed by atoms with van der Waals surface area (Å²) >= 11 is 1.43. The Morgan fingerprint density at radius 2 is 1.79 bits per heavy atom. The number of benzene rings is 2. The minimum Gasteiger partial charge on any atom is -0.367 e. The molecule has 0 saturated heterocycles. The molecule has 0 saturated carbocycles. The molecule has 2 aromatic carbocycles. The molecule has 3 N–H and O–H groups in total. The molecule has 28 heavy (non-hydrogen) atoms. The largest absolute Gasteiger partial charge is 0.367 e. The lowest BCUT2D eigenvalue weighted by Gasteiger charge is -2.10. The average Bonchev–Trinajstić information content (AvgIpc) is 3.07. The zero-order valence-corrected chi connectivity index (χ0v) is 17.2. The number of rotatable bonds is 8. The Balaban J connectivity index is 1.52. The molecule has 3 aromatic rings. The van der Waals surface area contributed by atoms with E-state index in [1.807, 2.05) is 24.3 Å². The van der Waals surface area contributed by atoms with Crippen LogP contribution in [0.2, 0.25) is 0 Å². The Bertz CT molecular complexity index is 1060. The number of sulfonamides is 1. The Kier molecular flexibility index (Phi) is 6.28. The Morgan fingerprint density at radius 3 is 2.50 bits per heavy atom. The van der Waals surface area contributed by atoms with E-state index in [1.54, 1.807) is 13.8 Å². The minimum absolute atomic E-state index is 0.134. The first-order valence-electron chi connectivity index (χ1n) is 8.86. The van der Waals surface area contributed by atoms with Crippen molar-refractivity contribution in [1.29, 1.82) is 0 Å². The molecule has 148 valence electrons. The van der Waals surface area contributed by atoms with Crippen LogP contribution in [0.1, 0.15) is 24.2 Å². The van der Waals surface area contributed by atoms with E-state index >= 15 is 0 Å². The molecular weight excluding hydrogens is 396 g/mol. The first-order valence-corrected chi connectivity index (χ1v) is 11.1. The van der Waals surface area contributed by atoms with Crippen LogP contribution in [0.3, 0.4) is 0 Å². The second-order valence-corrected chi connectivity index (χ2v) is 9.03. The van der Waals surface area contributed by atoms with Gasteiger partial charge in [0.15, 0.2) is 0 Å². The predicted molar refractivity (Wildman–Crippen MR) is 112 cm³/mol. The number of fused-ring (bicyclic) bond motifs is 1. The van der Waals surface area contributed by atoms with E-state index in [2.05, 4.69) is 19.7 Å². The normalized spacial score (nSPS) is 11.7. The Hall–Kier alpha value is -2.49. The highest BCUT2D eigenvalue weighted by molar-refractivity contribution is 7.89. The van der Waals surface area contributed by atoms with Gasteiger partial charge in [0.05, 0.1) is 9.60 Å². The molecule has 0 atom stereocenters. The van der Waals surface area contributed by atoms with E-state index in [9.17, 15) is 13.2 Å². The number of aromatic nitrogens is 1. The smallest absolute Gasteiger partial charge is 0.251 e. The molecule has 1 heterocycles. The highest BCUT2D eigenvalue weighted by Gasteiger charge is 2.16. The van der Waals surface area contributed by atoms with Crippen molar-refractivity contribution >= 4 is 43.4 Å². The van der Waals surface area contributed by atoms with E-state index in [-0.39, 0.29) is 16.8 Å². The molecule has 0 bridgehead atoms. The van der Waals surface area contributed by atoms with Gasteiger partial charge in [-0.25, -0.2) is 13.1 Å². The summed E-state index contributed by atoms with van der Waals surface area (Å²) in [5, 5.41) is 7.09. The van der Waals surface area contributed by atoms with Crippen molar-refractivity contribution in [2.45, 2.75) is 24.8 Å². The van der Waals surface area contributed by atoms with Crippen LogP contribution in [0.25, 0.3) is 10.1 Å². The van der Waals surface area contributed by atoms with E-state index in [0.717, 1.165) is 15.9 Å². The summed E-state index contributed by atoms with van der Waals surface area (Å²) in [7, 11) is -3.56. The van der Waals surface area contributed by atoms with Gasteiger partial charge in [-0.3, -0.25) is 4.79 Å². The average molecular weight is 419 g/mol. The molecule has 9 heteroatoms. The fourth-order valence-corrected chi connectivity index (χ4v) is 4.64. The van der Waals surface area contributed by atoms with Crippen LogP contribution in [-0.4, -0.2) is 37.8 Å². The number of anilines is 1. The maximum atomic E-state index is 12.2. The first-order chi connectivity index (χ1) is 13.4. The van der Waals surface area contributed by atoms with Crippen molar-refractivity contribution in [2.24, 2.45) is 0 Å². The topological polar surface area (TPSA) is 100 Å². The molecule has 7 nitrogen and oxygen atoms in total. The summed E-state index contributed by atoms with van der Waals surface area (Å²) in [6.07, 6.45) is 0. The molecule has 1 amide bonds. The number of hydrogen-bond donors (Lipinski definition) is 3. The molecular formula is C19H22N4O3S2. The molecule has 3 rings (SSSR count). The van der Waals surface area contributed by atoms with Crippen molar-refractivity contribution in [1.82, 2.24) is 14.4 Å². The van der Waals surface area contributed by atoms with Crippen LogP contribution in [0.5, 0.6) is 0 Å². The van der Waals surface area contributed by atoms with Crippen LogP contribution >= 0.6 is 11.5 Å². The predicted octanol–water partition coefficient (Wildman–Crippen LogP) is 2.82. The lowest BCUT2D eigenvalue weighted by molar-refractivity contribution is 0.0955. The van der Waals surface area contributed by atoms with Crippen molar-refractivity contribution in [3.63, 3.8) is 0 Å². The van der Waals surface area contributed by atoms with Crippen molar-refractivity contribution in [3.8, 4) is 0 Å². The maximum Gasteiger partial charge on any atom is 0.251 e. The van der Waals surface area contributed by atoms with Crippen LogP contribution in [0, 0.1) is 0 Å². The lowest BCUT2D eigenvalue weighted by atomic mass is 10.2. The third-order valence-corrected chi connectivity index (χ3v) is 6.40. The summed E-state index contributed by atoms with van der Waals surface area (Å²) in [4.78, 5) is 12.4. The van der Waals surface area contributed by atoms with Gasteiger partial charge in [0.1, 0.15) is 5.82 Å². The zero-order valence-electron chi connectivity index (χ0n) is 15.6. The van der Waals surface area contributed by atoms with Gasteiger partial charge in [0.25, 0.3) is 5.91 Å². The molecule has 0 fully saturated rings. The van der Waals surface area contributed by atoms with Crippen molar-refractivity contribution in [3.05, 3.63) is 54.1 Å². The van der Waals surface area contributed by atoms with E-state index in [1.165, 1.54) is 35.8 Å². The number of hydrogen-bond acceptors (Lipinski definition) is 6. The monoisotopic (exact) mass is 418 g/mol. The quantitative estimate of drug-likeness (QED) is 0.489. The van der Waals surface area contributed by atoms with Gasteiger partial charge in [0.2, 0.25) is 10.0 Å². The highest BCUT2D eigenvalue weighted by atomic mass is 32.2. The standard InChI is InChI=1S/C19H22N4O3S2/c1-13(2)23-28(25,26)15-9-7-14(8-10-15)19(24)21-12-11-20-18-16-5-3-4-6-17(16)27-22-18/h3-10,13,23H,11-12H2,1-2H3,(H,20,22)(H,21,24). The third-order valence-electron chi connectivity index (χ3n) is 3.90. The summed E-state index contributed by atoms with van der Waals surface area (Å²) in [5.74, 6) is 0.549. The first kappa shape index (κ1) is 20.2. The van der Waals surface area contributed by atoms with Crippen LogP contribution in [0.4, 0.5) is 5.82 Å². The highest BCUT2D eigenvalue weighted by Crippen LogP contribution is 2.25. The summed E-state index contributed by atoms with van der Waals surface area (Å²) < 4.78 is 32.2. The van der Waals surface area contributed by atoms with Crippen LogP contribution in [-0.2, 0) is 10.0 Å². The minimum atomic E-state index is -3.56. The van der Waals surface area contributed by atoms with E-state index < -0.39 is 10.0 Å². The number of carbonyl (C=O) groups excluding carboxylic acids is 1. The molecule has 0 aliphatic heterocycles. The molecule has 1 aromatic heterocycles. The van der Waals surface area contributed by atoms with Gasteiger partial charge in [-0.15, -0.1) is 0 Å². The summed E-state index contributed by atoms with van der Waals surface area (Å²) in [6, 6.07) is 13.6. The number of carbonyl (C=O) groups is 1. The summed E-state index contributed by atoms with van der Waals surface area (Å²) in [6.45, 7) is 4.45. The maximum absolute atomic E-state index is 12.2. The number of nitrogens with one attached hydrogen (secondary N) is 3. The molecule has 0 spiro atoms. The van der Waals surface area contributed by atoms with Crippen molar-refractivity contribution in [2.75, 3.05) is 18.4 Å². The summed E-state index contributed by atoms with van der Waals surface area (Å²) in [5.41, 5.74) is 0.405. The zero-order chi connectivity index (χ0) is 20.1. The van der Waals surface area contributed by atoms with Crippen molar-refractivity contribution < 1.29 is 13.2 Å². The SMILES string of the molecule is CC(C)NS(=O)(=O)c1ccc(C(=O)NCCNc2nsc3ccccc23)cc1. The second-order valence-electron chi connectivity index (χ2n) is 6.51. The Labute approximate surface area is 168 Å². The molecule has 0 unspecified atom stereocenters. The fourth-order valence-electron chi connectivity index (χ4n) is 2.64. The van der Waals surface area contributed by atoms with Gasteiger partial charge in [-0.1, -0.05) is 12.1 Å². The van der Waals surface area contributed by atoms with Gasteiger partial charge < -0.3 is 10.6 Å². The number of amides is 1. The molecule has 0 aliphatic carbocycles. The van der Waals surface area contributed by atoms with Crippen LogP contribution < -0.4 is 15.4 Å². The van der Waals surface area contributed by atoms with Gasteiger partial charge in [-0.05, 0) is 61.8 Å². The van der Waals surface area contributed by atoms with E-state index in [0.29, 0.717) is 18.7 Å². The molecule has 0 aliphatic rings. The lowest BCUT2D eigenvalue weighted by Crippen LogP contribution is -2.30. The van der Waals surface area contributed by atoms with E-state index in [4.69, 9.17) is 0 Å². The van der Waals surface area contributed by atoms with Gasteiger partial charge in [-0.2, -0.15) is 4.37 Å².